The molecule has 0 radical (unpaired) electrons. The predicted molar refractivity (Wildman–Crippen MR) is 79.5 cm³/mol. The Labute approximate surface area is 123 Å². The van der Waals surface area contributed by atoms with Crippen LogP contribution < -0.4 is 5.73 Å². The van der Waals surface area contributed by atoms with Crippen molar-refractivity contribution in [3.8, 4) is 0 Å². The normalized spacial score (nSPS) is 36.5. The van der Waals surface area contributed by atoms with E-state index in [-0.39, 0.29) is 11.9 Å². The van der Waals surface area contributed by atoms with E-state index in [4.69, 9.17) is 15.2 Å². The Morgan fingerprint density at radius 3 is 2.70 bits per heavy atom. The number of nitrogens with zero attached hydrogens (tertiary/aromatic N) is 1. The minimum absolute atomic E-state index is 0.215. The summed E-state index contributed by atoms with van der Waals surface area (Å²) in [5.74, 6) is 0.463. The van der Waals surface area contributed by atoms with Gasteiger partial charge in [-0.15, -0.1) is 0 Å². The molecule has 3 unspecified atom stereocenters. The summed E-state index contributed by atoms with van der Waals surface area (Å²) in [5.41, 5.74) is 5.94. The second kappa shape index (κ2) is 6.30. The lowest BCUT2D eigenvalue weighted by molar-refractivity contribution is -0.164. The van der Waals surface area contributed by atoms with Gasteiger partial charge in [-0.3, -0.25) is 4.90 Å². The van der Waals surface area contributed by atoms with Gasteiger partial charge in [0.25, 0.3) is 0 Å². The van der Waals surface area contributed by atoms with E-state index in [9.17, 15) is 0 Å². The monoisotopic (exact) mass is 282 g/mol. The molecule has 3 atom stereocenters. The fourth-order valence-corrected chi connectivity index (χ4v) is 4.42. The number of hydrogen-bond donors (Lipinski definition) is 1. The van der Waals surface area contributed by atoms with Crippen molar-refractivity contribution >= 4 is 0 Å². The average molecular weight is 282 g/mol. The number of ether oxygens (including phenoxy) is 2. The van der Waals surface area contributed by atoms with Crippen LogP contribution in [-0.4, -0.2) is 49.1 Å². The van der Waals surface area contributed by atoms with E-state index in [2.05, 4.69) is 11.8 Å². The molecule has 3 aliphatic rings. The lowest BCUT2D eigenvalue weighted by Crippen LogP contribution is -2.45. The molecule has 0 bridgehead atoms. The average Bonchev–Trinajstić information content (AvgIpc) is 3.18. The van der Waals surface area contributed by atoms with Crippen molar-refractivity contribution < 1.29 is 9.47 Å². The molecule has 0 aromatic rings. The van der Waals surface area contributed by atoms with Crippen LogP contribution in [0.15, 0.2) is 0 Å². The molecule has 4 nitrogen and oxygen atoms in total. The van der Waals surface area contributed by atoms with Gasteiger partial charge < -0.3 is 15.2 Å². The van der Waals surface area contributed by atoms with Crippen LogP contribution in [0.1, 0.15) is 51.9 Å². The fraction of sp³-hybridized carbons (Fsp3) is 1.00. The Bertz CT molecular complexity index is 318. The first-order chi connectivity index (χ1) is 9.76. The predicted octanol–water partition coefficient (Wildman–Crippen LogP) is 2.12. The van der Waals surface area contributed by atoms with Crippen LogP contribution in [0.4, 0.5) is 0 Å². The van der Waals surface area contributed by atoms with Crippen molar-refractivity contribution in [2.24, 2.45) is 11.7 Å². The molecule has 116 valence electrons. The van der Waals surface area contributed by atoms with Gasteiger partial charge in [0.15, 0.2) is 5.79 Å². The van der Waals surface area contributed by atoms with Crippen molar-refractivity contribution in [2.45, 2.75) is 69.8 Å². The van der Waals surface area contributed by atoms with Crippen LogP contribution in [0.5, 0.6) is 0 Å². The van der Waals surface area contributed by atoms with Gasteiger partial charge in [0.05, 0.1) is 12.7 Å². The lowest BCUT2D eigenvalue weighted by Gasteiger charge is -2.33. The van der Waals surface area contributed by atoms with Crippen LogP contribution in [-0.2, 0) is 9.47 Å². The number of hydrogen-bond acceptors (Lipinski definition) is 4. The van der Waals surface area contributed by atoms with Gasteiger partial charge in [-0.25, -0.2) is 0 Å². The minimum Gasteiger partial charge on any atom is -0.347 e. The Morgan fingerprint density at radius 1 is 1.20 bits per heavy atom. The maximum Gasteiger partial charge on any atom is 0.168 e. The Balaban J connectivity index is 1.56. The molecule has 3 fully saturated rings. The lowest BCUT2D eigenvalue weighted by atomic mass is 10.0. The van der Waals surface area contributed by atoms with Gasteiger partial charge in [-0.05, 0) is 44.7 Å². The molecule has 2 saturated carbocycles. The molecule has 4 heteroatoms. The van der Waals surface area contributed by atoms with E-state index in [0.29, 0.717) is 12.0 Å². The van der Waals surface area contributed by atoms with Crippen LogP contribution >= 0.6 is 0 Å². The SMILES string of the molecule is CCN(CC1COC2(CCCC2)O1)C1CCCC1CN. The first kappa shape index (κ1) is 14.8. The molecule has 20 heavy (non-hydrogen) atoms. The topological polar surface area (TPSA) is 47.7 Å². The van der Waals surface area contributed by atoms with Crippen molar-refractivity contribution in [3.63, 3.8) is 0 Å². The highest BCUT2D eigenvalue weighted by molar-refractivity contribution is 4.89. The van der Waals surface area contributed by atoms with Gasteiger partial charge in [0.1, 0.15) is 0 Å². The highest BCUT2D eigenvalue weighted by Gasteiger charge is 2.44. The van der Waals surface area contributed by atoms with Gasteiger partial charge in [-0.1, -0.05) is 13.3 Å². The maximum atomic E-state index is 6.28. The maximum absolute atomic E-state index is 6.28. The molecule has 2 aliphatic carbocycles. The molecular weight excluding hydrogens is 252 g/mol. The molecule has 1 aliphatic heterocycles. The zero-order valence-electron chi connectivity index (χ0n) is 12.9. The van der Waals surface area contributed by atoms with Crippen LogP contribution in [0, 0.1) is 5.92 Å². The summed E-state index contributed by atoms with van der Waals surface area (Å²) >= 11 is 0. The molecule has 0 aromatic carbocycles. The summed E-state index contributed by atoms with van der Waals surface area (Å²) in [6.45, 7) is 5.96. The second-order valence-corrected chi connectivity index (χ2v) is 6.75. The molecule has 3 rings (SSSR count). The Kier molecular flexibility index (Phi) is 4.65. The van der Waals surface area contributed by atoms with Crippen LogP contribution in [0.3, 0.4) is 0 Å². The number of likely N-dealkylation sites (N-methyl/N-ethyl adjacent to an activating group) is 1. The first-order valence-electron chi connectivity index (χ1n) is 8.52. The third kappa shape index (κ3) is 2.89. The van der Waals surface area contributed by atoms with E-state index >= 15 is 0 Å². The second-order valence-electron chi connectivity index (χ2n) is 6.75. The number of rotatable bonds is 5. The molecular formula is C16H30N2O2. The third-order valence-electron chi connectivity index (χ3n) is 5.51. The van der Waals surface area contributed by atoms with Crippen molar-refractivity contribution in [3.05, 3.63) is 0 Å². The quantitative estimate of drug-likeness (QED) is 0.839. The first-order valence-corrected chi connectivity index (χ1v) is 8.52. The summed E-state index contributed by atoms with van der Waals surface area (Å²) in [7, 11) is 0. The molecule has 2 N–H and O–H groups in total. The highest BCUT2D eigenvalue weighted by Crippen LogP contribution is 2.39. The van der Waals surface area contributed by atoms with Gasteiger partial charge in [0.2, 0.25) is 0 Å². The fourth-order valence-electron chi connectivity index (χ4n) is 4.42. The molecule has 1 heterocycles. The van der Waals surface area contributed by atoms with Crippen LogP contribution in [0.25, 0.3) is 0 Å². The van der Waals surface area contributed by atoms with E-state index in [1.807, 2.05) is 0 Å². The zero-order valence-corrected chi connectivity index (χ0v) is 12.9. The van der Waals surface area contributed by atoms with Crippen molar-refractivity contribution in [2.75, 3.05) is 26.2 Å². The standard InChI is InChI=1S/C16H30N2O2/c1-2-18(15-7-5-6-13(15)10-17)11-14-12-19-16(20-14)8-3-4-9-16/h13-15H,2-12,17H2,1H3. The molecule has 1 spiro atoms. The molecule has 1 saturated heterocycles. The Hall–Kier alpha value is -0.160. The van der Waals surface area contributed by atoms with E-state index in [1.165, 1.54) is 32.1 Å². The van der Waals surface area contributed by atoms with Crippen LogP contribution in [0.2, 0.25) is 0 Å². The van der Waals surface area contributed by atoms with E-state index in [1.54, 1.807) is 0 Å². The van der Waals surface area contributed by atoms with Gasteiger partial charge >= 0.3 is 0 Å². The summed E-state index contributed by atoms with van der Waals surface area (Å²) in [4.78, 5) is 2.59. The van der Waals surface area contributed by atoms with E-state index < -0.39 is 0 Å². The largest absolute Gasteiger partial charge is 0.347 e. The minimum atomic E-state index is -0.215. The van der Waals surface area contributed by atoms with Crippen molar-refractivity contribution in [1.29, 1.82) is 0 Å². The summed E-state index contributed by atoms with van der Waals surface area (Å²) in [6.07, 6.45) is 8.86. The smallest absolute Gasteiger partial charge is 0.168 e. The molecule has 0 amide bonds. The molecule has 0 aromatic heterocycles. The van der Waals surface area contributed by atoms with Gasteiger partial charge in [-0.2, -0.15) is 0 Å². The summed E-state index contributed by atoms with van der Waals surface area (Å²) < 4.78 is 12.3. The highest BCUT2D eigenvalue weighted by atomic mass is 16.7. The Morgan fingerprint density at radius 2 is 2.00 bits per heavy atom. The third-order valence-corrected chi connectivity index (χ3v) is 5.51. The van der Waals surface area contributed by atoms with Gasteiger partial charge in [0, 0.05) is 25.4 Å². The number of nitrogens with two attached hydrogens (primary N) is 1. The summed E-state index contributed by atoms with van der Waals surface area (Å²) in [6, 6.07) is 0.661. The van der Waals surface area contributed by atoms with Crippen molar-refractivity contribution in [1.82, 2.24) is 4.90 Å². The van der Waals surface area contributed by atoms with E-state index in [0.717, 1.165) is 39.1 Å². The summed E-state index contributed by atoms with van der Waals surface area (Å²) in [5, 5.41) is 0. The zero-order chi connectivity index (χ0) is 14.0.